The number of hydrogen-bond acceptors (Lipinski definition) is 3. The van der Waals surface area contributed by atoms with E-state index in [2.05, 4.69) is 0 Å². The molecule has 5 nitrogen and oxygen atoms in total. The highest BCUT2D eigenvalue weighted by atomic mass is 16.4. The molecule has 0 aromatic carbocycles. The Kier molecular flexibility index (Phi) is 2.61. The zero-order valence-electron chi connectivity index (χ0n) is 9.56. The minimum Gasteiger partial charge on any atom is -0.481 e. The number of carboxylic acid groups (broad SMARTS) is 1. The summed E-state index contributed by atoms with van der Waals surface area (Å²) in [6.07, 6.45) is 0.845. The molecule has 2 rings (SSSR count). The molecule has 1 amide bonds. The lowest BCUT2D eigenvalue weighted by Crippen LogP contribution is -2.41. The highest BCUT2D eigenvalue weighted by molar-refractivity contribution is 5.90. The van der Waals surface area contributed by atoms with Gasteiger partial charge in [0, 0.05) is 20.1 Å². The molecule has 0 spiro atoms. The van der Waals surface area contributed by atoms with Crippen LogP contribution in [-0.4, -0.2) is 46.9 Å². The average Bonchev–Trinajstić information content (AvgIpc) is 2.44. The van der Waals surface area contributed by atoms with E-state index < -0.39 is 11.9 Å². The van der Waals surface area contributed by atoms with Crippen LogP contribution in [0.5, 0.6) is 0 Å². The summed E-state index contributed by atoms with van der Waals surface area (Å²) in [7, 11) is 1.95. The SMILES string of the molecule is CC1=C2N(C)CCCN2C(=O)C1CC(=O)O. The summed E-state index contributed by atoms with van der Waals surface area (Å²) < 4.78 is 0. The van der Waals surface area contributed by atoms with Crippen LogP contribution in [-0.2, 0) is 9.59 Å². The van der Waals surface area contributed by atoms with Gasteiger partial charge in [-0.05, 0) is 18.9 Å². The molecule has 2 heterocycles. The molecule has 1 unspecified atom stereocenters. The molecule has 1 atom stereocenters. The molecule has 16 heavy (non-hydrogen) atoms. The van der Waals surface area contributed by atoms with Gasteiger partial charge in [0.2, 0.25) is 5.91 Å². The second-order valence-corrected chi connectivity index (χ2v) is 4.42. The standard InChI is InChI=1S/C11H16N2O3/c1-7-8(6-9(14)15)11(16)13-5-3-4-12(2)10(7)13/h8H,3-6H2,1-2H3,(H,14,15). The molecule has 0 radical (unpaired) electrons. The van der Waals surface area contributed by atoms with Gasteiger partial charge >= 0.3 is 5.97 Å². The summed E-state index contributed by atoms with van der Waals surface area (Å²) >= 11 is 0. The highest BCUT2D eigenvalue weighted by Crippen LogP contribution is 2.35. The normalized spacial score (nSPS) is 25.1. The van der Waals surface area contributed by atoms with Crippen LogP contribution >= 0.6 is 0 Å². The molecular formula is C11H16N2O3. The number of rotatable bonds is 2. The van der Waals surface area contributed by atoms with E-state index in [4.69, 9.17) is 5.11 Å². The molecule has 1 saturated heterocycles. The van der Waals surface area contributed by atoms with E-state index in [0.717, 1.165) is 24.4 Å². The van der Waals surface area contributed by atoms with Gasteiger partial charge in [-0.3, -0.25) is 14.5 Å². The summed E-state index contributed by atoms with van der Waals surface area (Å²) in [6, 6.07) is 0. The number of amides is 1. The molecule has 2 aliphatic heterocycles. The number of aliphatic carboxylic acids is 1. The minimum absolute atomic E-state index is 0.0542. The van der Waals surface area contributed by atoms with Crippen LogP contribution in [0, 0.1) is 5.92 Å². The third-order valence-corrected chi connectivity index (χ3v) is 3.31. The number of carboxylic acids is 1. The Hall–Kier alpha value is -1.52. The molecule has 5 heteroatoms. The van der Waals surface area contributed by atoms with Crippen molar-refractivity contribution in [3.05, 3.63) is 11.4 Å². The molecule has 0 bridgehead atoms. The van der Waals surface area contributed by atoms with Gasteiger partial charge in [-0.15, -0.1) is 0 Å². The molecule has 1 fully saturated rings. The number of nitrogens with zero attached hydrogens (tertiary/aromatic N) is 2. The Morgan fingerprint density at radius 1 is 1.50 bits per heavy atom. The fourth-order valence-electron chi connectivity index (χ4n) is 2.56. The van der Waals surface area contributed by atoms with Crippen LogP contribution < -0.4 is 0 Å². The fourth-order valence-corrected chi connectivity index (χ4v) is 2.56. The smallest absolute Gasteiger partial charge is 0.304 e. The van der Waals surface area contributed by atoms with Crippen LogP contribution in [0.25, 0.3) is 0 Å². The first kappa shape index (κ1) is 11.0. The predicted octanol–water partition coefficient (Wildman–Crippen LogP) is 0.487. The van der Waals surface area contributed by atoms with Crippen LogP contribution in [0.15, 0.2) is 11.4 Å². The zero-order valence-corrected chi connectivity index (χ0v) is 9.56. The van der Waals surface area contributed by atoms with Crippen molar-refractivity contribution in [1.29, 1.82) is 0 Å². The van der Waals surface area contributed by atoms with Gasteiger partial charge in [-0.2, -0.15) is 0 Å². The maximum absolute atomic E-state index is 12.0. The van der Waals surface area contributed by atoms with Gasteiger partial charge < -0.3 is 10.0 Å². The average molecular weight is 224 g/mol. The third-order valence-electron chi connectivity index (χ3n) is 3.31. The van der Waals surface area contributed by atoms with Crippen molar-refractivity contribution >= 4 is 11.9 Å². The molecule has 2 aliphatic rings. The van der Waals surface area contributed by atoms with Crippen LogP contribution in [0.3, 0.4) is 0 Å². The van der Waals surface area contributed by atoms with Crippen molar-refractivity contribution < 1.29 is 14.7 Å². The number of hydrogen-bond donors (Lipinski definition) is 1. The third kappa shape index (κ3) is 1.56. The van der Waals surface area contributed by atoms with E-state index in [1.54, 1.807) is 4.90 Å². The Morgan fingerprint density at radius 3 is 2.75 bits per heavy atom. The van der Waals surface area contributed by atoms with E-state index in [1.807, 2.05) is 18.9 Å². The maximum Gasteiger partial charge on any atom is 0.304 e. The molecule has 0 saturated carbocycles. The van der Waals surface area contributed by atoms with Crippen LogP contribution in [0.2, 0.25) is 0 Å². The summed E-state index contributed by atoms with van der Waals surface area (Å²) in [5.74, 6) is -0.516. The van der Waals surface area contributed by atoms with Crippen LogP contribution in [0.1, 0.15) is 19.8 Å². The minimum atomic E-state index is -0.916. The zero-order chi connectivity index (χ0) is 11.9. The Balaban J connectivity index is 2.30. The van der Waals surface area contributed by atoms with E-state index in [1.165, 1.54) is 0 Å². The predicted molar refractivity (Wildman–Crippen MR) is 57.4 cm³/mol. The van der Waals surface area contributed by atoms with Crippen molar-refractivity contribution in [2.45, 2.75) is 19.8 Å². The topological polar surface area (TPSA) is 60.9 Å². The number of carbonyl (C=O) groups is 2. The highest BCUT2D eigenvalue weighted by Gasteiger charge is 2.41. The van der Waals surface area contributed by atoms with E-state index in [-0.39, 0.29) is 12.3 Å². The molecule has 1 N–H and O–H groups in total. The lowest BCUT2D eigenvalue weighted by molar-refractivity contribution is -0.142. The van der Waals surface area contributed by atoms with Crippen molar-refractivity contribution in [2.75, 3.05) is 20.1 Å². The van der Waals surface area contributed by atoms with Crippen molar-refractivity contribution in [1.82, 2.24) is 9.80 Å². The van der Waals surface area contributed by atoms with Gasteiger partial charge in [0.1, 0.15) is 5.82 Å². The van der Waals surface area contributed by atoms with Crippen molar-refractivity contribution in [3.8, 4) is 0 Å². The molecule has 0 aromatic rings. The van der Waals surface area contributed by atoms with Crippen molar-refractivity contribution in [3.63, 3.8) is 0 Å². The Labute approximate surface area is 94.3 Å². The second-order valence-electron chi connectivity index (χ2n) is 4.42. The number of fused-ring (bicyclic) bond motifs is 1. The van der Waals surface area contributed by atoms with Gasteiger partial charge in [0.15, 0.2) is 0 Å². The van der Waals surface area contributed by atoms with E-state index in [9.17, 15) is 9.59 Å². The molecule has 88 valence electrons. The largest absolute Gasteiger partial charge is 0.481 e. The van der Waals surface area contributed by atoms with Crippen molar-refractivity contribution in [2.24, 2.45) is 5.92 Å². The van der Waals surface area contributed by atoms with Gasteiger partial charge in [-0.1, -0.05) is 0 Å². The Bertz CT molecular complexity index is 375. The first-order valence-electron chi connectivity index (χ1n) is 5.47. The van der Waals surface area contributed by atoms with E-state index in [0.29, 0.717) is 6.54 Å². The second kappa shape index (κ2) is 3.81. The first-order chi connectivity index (χ1) is 7.52. The van der Waals surface area contributed by atoms with Crippen LogP contribution in [0.4, 0.5) is 0 Å². The quantitative estimate of drug-likeness (QED) is 0.741. The fraction of sp³-hybridized carbons (Fsp3) is 0.636. The molecule has 0 aliphatic carbocycles. The lowest BCUT2D eigenvalue weighted by Gasteiger charge is -2.34. The summed E-state index contributed by atoms with van der Waals surface area (Å²) in [5, 5.41) is 8.80. The molecular weight excluding hydrogens is 208 g/mol. The Morgan fingerprint density at radius 2 is 2.19 bits per heavy atom. The van der Waals surface area contributed by atoms with Gasteiger partial charge in [0.25, 0.3) is 0 Å². The maximum atomic E-state index is 12.0. The number of carbonyl (C=O) groups excluding carboxylic acids is 1. The first-order valence-corrected chi connectivity index (χ1v) is 5.47. The van der Waals surface area contributed by atoms with E-state index >= 15 is 0 Å². The summed E-state index contributed by atoms with van der Waals surface area (Å²) in [5.41, 5.74) is 0.898. The van der Waals surface area contributed by atoms with Gasteiger partial charge in [-0.25, -0.2) is 0 Å². The summed E-state index contributed by atoms with van der Waals surface area (Å²) in [4.78, 5) is 26.5. The lowest BCUT2D eigenvalue weighted by atomic mass is 9.99. The molecule has 0 aromatic heterocycles. The monoisotopic (exact) mass is 224 g/mol. The summed E-state index contributed by atoms with van der Waals surface area (Å²) in [6.45, 7) is 3.50. The van der Waals surface area contributed by atoms with Gasteiger partial charge in [0.05, 0.1) is 12.3 Å².